The third-order valence-corrected chi connectivity index (χ3v) is 4.47. The van der Waals surface area contributed by atoms with Gasteiger partial charge in [0.05, 0.1) is 12.7 Å². The zero-order valence-electron chi connectivity index (χ0n) is 14.0. The Kier molecular flexibility index (Phi) is 6.54. The maximum absolute atomic E-state index is 12.2. The highest BCUT2D eigenvalue weighted by molar-refractivity contribution is 7.80. The molecule has 7 heteroatoms. The van der Waals surface area contributed by atoms with Crippen molar-refractivity contribution in [2.24, 2.45) is 0 Å². The lowest BCUT2D eigenvalue weighted by Crippen LogP contribution is -2.51. The van der Waals surface area contributed by atoms with Gasteiger partial charge in [-0.1, -0.05) is 19.3 Å². The van der Waals surface area contributed by atoms with Crippen molar-refractivity contribution in [2.45, 2.75) is 38.1 Å². The van der Waals surface area contributed by atoms with E-state index in [2.05, 4.69) is 15.5 Å². The highest BCUT2D eigenvalue weighted by Gasteiger charge is 2.17. The Morgan fingerprint density at radius 1 is 1.12 bits per heavy atom. The molecule has 1 amide bonds. The van der Waals surface area contributed by atoms with Crippen LogP contribution in [0.4, 0.5) is 0 Å². The Morgan fingerprint density at radius 3 is 2.29 bits per heavy atom. The molecule has 1 aliphatic carbocycles. The molecular formula is C17H23N3O3S. The molecule has 1 aromatic carbocycles. The summed E-state index contributed by atoms with van der Waals surface area (Å²) in [5, 5.41) is 5.30. The van der Waals surface area contributed by atoms with Crippen LogP contribution in [0.25, 0.3) is 0 Å². The Hall–Kier alpha value is -2.15. The summed E-state index contributed by atoms with van der Waals surface area (Å²) in [6.07, 6.45) is 5.92. The van der Waals surface area contributed by atoms with Gasteiger partial charge in [-0.3, -0.25) is 15.2 Å². The maximum atomic E-state index is 12.2. The van der Waals surface area contributed by atoms with E-state index < -0.39 is 5.97 Å². The molecule has 2 rings (SSSR count). The molecule has 0 bridgehead atoms. The molecule has 0 saturated heterocycles. The van der Waals surface area contributed by atoms with Crippen LogP contribution in [0.15, 0.2) is 24.3 Å². The number of methoxy groups -OCH3 is 1. The van der Waals surface area contributed by atoms with Crippen LogP contribution in [0.1, 0.15) is 52.8 Å². The maximum Gasteiger partial charge on any atom is 0.337 e. The summed E-state index contributed by atoms with van der Waals surface area (Å²) in [6.45, 7) is 0. The zero-order chi connectivity index (χ0) is 17.5. The van der Waals surface area contributed by atoms with Gasteiger partial charge in [-0.05, 0) is 49.3 Å². The first-order valence-electron chi connectivity index (χ1n) is 8.05. The standard InChI is InChI=1S/C17H23N3O3S/c1-20(17(24)18-14-6-4-3-5-7-14)19-15(21)12-8-10-13(11-9-12)16(22)23-2/h8-11,14H,3-7H2,1-2H3,(H,18,24)(H,19,21). The minimum atomic E-state index is -0.433. The van der Waals surface area contributed by atoms with E-state index in [4.69, 9.17) is 12.2 Å². The third kappa shape index (κ3) is 4.92. The fourth-order valence-corrected chi connectivity index (χ4v) is 2.87. The number of ether oxygens (including phenoxy) is 1. The lowest BCUT2D eigenvalue weighted by atomic mass is 9.96. The lowest BCUT2D eigenvalue weighted by Gasteiger charge is -2.28. The zero-order valence-corrected chi connectivity index (χ0v) is 14.8. The number of nitrogens with zero attached hydrogens (tertiary/aromatic N) is 1. The molecule has 130 valence electrons. The van der Waals surface area contributed by atoms with Crippen LogP contribution in [0, 0.1) is 0 Å². The van der Waals surface area contributed by atoms with Crippen molar-refractivity contribution < 1.29 is 14.3 Å². The van der Waals surface area contributed by atoms with E-state index in [-0.39, 0.29) is 5.91 Å². The number of nitrogens with one attached hydrogen (secondary N) is 2. The fraction of sp³-hybridized carbons (Fsp3) is 0.471. The Labute approximate surface area is 147 Å². The van der Waals surface area contributed by atoms with E-state index in [1.807, 2.05) is 0 Å². The molecule has 1 saturated carbocycles. The van der Waals surface area contributed by atoms with Gasteiger partial charge in [-0.15, -0.1) is 0 Å². The molecule has 0 atom stereocenters. The van der Waals surface area contributed by atoms with Crippen molar-refractivity contribution >= 4 is 29.2 Å². The second-order valence-corrected chi connectivity index (χ2v) is 6.24. The summed E-state index contributed by atoms with van der Waals surface area (Å²) in [7, 11) is 3.02. The quantitative estimate of drug-likeness (QED) is 0.495. The van der Waals surface area contributed by atoms with Gasteiger partial charge in [0.1, 0.15) is 0 Å². The first-order chi connectivity index (χ1) is 11.5. The van der Waals surface area contributed by atoms with E-state index in [0.29, 0.717) is 22.3 Å². The monoisotopic (exact) mass is 349 g/mol. The molecule has 1 aromatic rings. The molecule has 24 heavy (non-hydrogen) atoms. The molecule has 0 radical (unpaired) electrons. The van der Waals surface area contributed by atoms with Crippen molar-refractivity contribution in [2.75, 3.05) is 14.2 Å². The smallest absolute Gasteiger partial charge is 0.337 e. The number of hydrazine groups is 1. The Balaban J connectivity index is 1.88. The van der Waals surface area contributed by atoms with Crippen LogP contribution in [0.5, 0.6) is 0 Å². The van der Waals surface area contributed by atoms with Crippen LogP contribution in [0.2, 0.25) is 0 Å². The summed E-state index contributed by atoms with van der Waals surface area (Å²) >= 11 is 5.34. The molecule has 6 nitrogen and oxygen atoms in total. The van der Waals surface area contributed by atoms with Gasteiger partial charge >= 0.3 is 5.97 Å². The van der Waals surface area contributed by atoms with Gasteiger partial charge in [0.25, 0.3) is 5.91 Å². The van der Waals surface area contributed by atoms with Gasteiger partial charge in [-0.25, -0.2) is 4.79 Å². The van der Waals surface area contributed by atoms with Crippen LogP contribution in [0.3, 0.4) is 0 Å². The van der Waals surface area contributed by atoms with Crippen molar-refractivity contribution in [3.05, 3.63) is 35.4 Å². The van der Waals surface area contributed by atoms with Crippen molar-refractivity contribution in [3.63, 3.8) is 0 Å². The predicted molar refractivity (Wildman–Crippen MR) is 95.6 cm³/mol. The van der Waals surface area contributed by atoms with Gasteiger partial charge < -0.3 is 10.1 Å². The number of amides is 1. The average molecular weight is 349 g/mol. The summed E-state index contributed by atoms with van der Waals surface area (Å²) in [5.41, 5.74) is 3.56. The van der Waals surface area contributed by atoms with Gasteiger partial charge in [-0.2, -0.15) is 0 Å². The number of rotatable bonds is 3. The summed E-state index contributed by atoms with van der Waals surface area (Å²) in [5.74, 6) is -0.723. The highest BCUT2D eigenvalue weighted by Crippen LogP contribution is 2.17. The molecule has 0 spiro atoms. The molecule has 0 aliphatic heterocycles. The number of hydrogen-bond acceptors (Lipinski definition) is 4. The van der Waals surface area contributed by atoms with Gasteiger partial charge in [0.15, 0.2) is 5.11 Å². The molecule has 0 heterocycles. The second kappa shape index (κ2) is 8.63. The van der Waals surface area contributed by atoms with Crippen LogP contribution in [-0.4, -0.2) is 42.2 Å². The molecule has 2 N–H and O–H groups in total. The minimum absolute atomic E-state index is 0.290. The van der Waals surface area contributed by atoms with Crippen molar-refractivity contribution in [1.82, 2.24) is 15.8 Å². The number of benzene rings is 1. The molecular weight excluding hydrogens is 326 g/mol. The lowest BCUT2D eigenvalue weighted by molar-refractivity contribution is 0.0600. The van der Waals surface area contributed by atoms with Crippen LogP contribution in [-0.2, 0) is 4.74 Å². The van der Waals surface area contributed by atoms with E-state index in [1.165, 1.54) is 31.4 Å². The van der Waals surface area contributed by atoms with E-state index in [9.17, 15) is 9.59 Å². The minimum Gasteiger partial charge on any atom is -0.465 e. The summed E-state index contributed by atoms with van der Waals surface area (Å²) in [4.78, 5) is 23.6. The van der Waals surface area contributed by atoms with Crippen molar-refractivity contribution in [1.29, 1.82) is 0 Å². The van der Waals surface area contributed by atoms with Gasteiger partial charge in [0.2, 0.25) is 0 Å². The Morgan fingerprint density at radius 2 is 1.71 bits per heavy atom. The number of carbonyl (C=O) groups excluding carboxylic acids is 2. The third-order valence-electron chi connectivity index (χ3n) is 4.07. The average Bonchev–Trinajstić information content (AvgIpc) is 2.61. The molecule has 0 unspecified atom stereocenters. The first-order valence-corrected chi connectivity index (χ1v) is 8.45. The normalized spacial score (nSPS) is 14.6. The molecule has 1 fully saturated rings. The Bertz CT molecular complexity index is 598. The van der Waals surface area contributed by atoms with Crippen LogP contribution >= 0.6 is 12.2 Å². The highest BCUT2D eigenvalue weighted by atomic mass is 32.1. The summed E-state index contributed by atoms with van der Waals surface area (Å²) < 4.78 is 4.63. The summed E-state index contributed by atoms with van der Waals surface area (Å²) in [6, 6.07) is 6.64. The van der Waals surface area contributed by atoms with Crippen LogP contribution < -0.4 is 10.7 Å². The number of thiocarbonyl (C=S) groups is 1. The van der Waals surface area contributed by atoms with Crippen molar-refractivity contribution in [3.8, 4) is 0 Å². The SMILES string of the molecule is COC(=O)c1ccc(C(=O)NN(C)C(=S)NC2CCCCC2)cc1. The predicted octanol–water partition coefficient (Wildman–Crippen LogP) is 2.26. The van der Waals surface area contributed by atoms with E-state index in [1.54, 1.807) is 31.3 Å². The van der Waals surface area contributed by atoms with Gasteiger partial charge in [0, 0.05) is 18.7 Å². The number of esters is 1. The fourth-order valence-electron chi connectivity index (χ4n) is 2.66. The number of hydrogen-bond donors (Lipinski definition) is 2. The molecule has 1 aliphatic rings. The first kappa shape index (κ1) is 18.2. The molecule has 0 aromatic heterocycles. The number of carbonyl (C=O) groups is 2. The largest absolute Gasteiger partial charge is 0.465 e. The topological polar surface area (TPSA) is 70.7 Å². The van der Waals surface area contributed by atoms with E-state index in [0.717, 1.165) is 12.8 Å². The van der Waals surface area contributed by atoms with E-state index >= 15 is 0 Å². The second-order valence-electron chi connectivity index (χ2n) is 5.85.